The van der Waals surface area contributed by atoms with Crippen LogP contribution in [0.3, 0.4) is 0 Å². The molecule has 3 rings (SSSR count). The molecule has 1 aromatic carbocycles. The Bertz CT molecular complexity index is 881. The summed E-state index contributed by atoms with van der Waals surface area (Å²) in [5.41, 5.74) is 0.277. The van der Waals surface area contributed by atoms with Crippen LogP contribution in [0.5, 0.6) is 0 Å². The van der Waals surface area contributed by atoms with Crippen LogP contribution in [0.4, 0.5) is 18.9 Å². The van der Waals surface area contributed by atoms with Crippen LogP contribution < -0.4 is 4.90 Å². The monoisotopic (exact) mass is 470 g/mol. The van der Waals surface area contributed by atoms with Crippen LogP contribution in [0.1, 0.15) is 73.9 Å². The highest BCUT2D eigenvalue weighted by Crippen LogP contribution is 2.45. The maximum atomic E-state index is 13.8. The summed E-state index contributed by atoms with van der Waals surface area (Å²) < 4.78 is 46.8. The highest BCUT2D eigenvalue weighted by atomic mass is 19.4. The van der Waals surface area contributed by atoms with Gasteiger partial charge in [0.05, 0.1) is 11.3 Å². The van der Waals surface area contributed by atoms with E-state index in [0.29, 0.717) is 5.56 Å². The molecule has 33 heavy (non-hydrogen) atoms. The van der Waals surface area contributed by atoms with E-state index in [-0.39, 0.29) is 43.2 Å². The van der Waals surface area contributed by atoms with Gasteiger partial charge in [-0.05, 0) is 74.3 Å². The summed E-state index contributed by atoms with van der Waals surface area (Å²) >= 11 is 0. The van der Waals surface area contributed by atoms with E-state index in [2.05, 4.69) is 4.90 Å². The number of carboxylic acid groups (broad SMARTS) is 1. The first kappa shape index (κ1) is 25.5. The van der Waals surface area contributed by atoms with E-state index in [1.807, 2.05) is 27.8 Å². The van der Waals surface area contributed by atoms with Crippen LogP contribution >= 0.6 is 0 Å². The molecule has 0 unspecified atom stereocenters. The lowest BCUT2D eigenvalue weighted by Gasteiger charge is -2.41. The van der Waals surface area contributed by atoms with Crippen molar-refractivity contribution in [2.45, 2.75) is 70.0 Å². The lowest BCUT2D eigenvalue weighted by atomic mass is 9.75. The number of ether oxygens (including phenoxy) is 1. The first-order valence-corrected chi connectivity index (χ1v) is 11.4. The molecule has 2 aliphatic rings. The first-order chi connectivity index (χ1) is 15.3. The average Bonchev–Trinajstić information content (AvgIpc) is 2.73. The molecule has 0 aromatic heterocycles. The van der Waals surface area contributed by atoms with Gasteiger partial charge < -0.3 is 19.6 Å². The van der Waals surface area contributed by atoms with Gasteiger partial charge in [-0.1, -0.05) is 26.8 Å². The largest absolute Gasteiger partial charge is 0.478 e. The van der Waals surface area contributed by atoms with Gasteiger partial charge in [-0.15, -0.1) is 0 Å². The van der Waals surface area contributed by atoms with Crippen molar-refractivity contribution >= 4 is 17.6 Å². The fraction of sp³-hybridized carbons (Fsp3) is 0.667. The van der Waals surface area contributed by atoms with Crippen LogP contribution in [-0.2, 0) is 14.9 Å². The zero-order chi connectivity index (χ0) is 24.6. The molecule has 6 nitrogen and oxygen atoms in total. The van der Waals surface area contributed by atoms with Crippen molar-refractivity contribution in [3.63, 3.8) is 0 Å². The van der Waals surface area contributed by atoms with E-state index in [4.69, 9.17) is 4.74 Å². The second-order valence-electron chi connectivity index (χ2n) is 10.1. The minimum absolute atomic E-state index is 0.0783. The Morgan fingerprint density at radius 1 is 1.06 bits per heavy atom. The topological polar surface area (TPSA) is 70.1 Å². The zero-order valence-electron chi connectivity index (χ0n) is 19.7. The summed E-state index contributed by atoms with van der Waals surface area (Å²) in [6.07, 6.45) is -3.08. The van der Waals surface area contributed by atoms with Gasteiger partial charge in [-0.3, -0.25) is 4.79 Å². The Morgan fingerprint density at radius 3 is 2.12 bits per heavy atom. The predicted molar refractivity (Wildman–Crippen MR) is 119 cm³/mol. The number of rotatable bonds is 4. The highest BCUT2D eigenvalue weighted by molar-refractivity contribution is 6.05. The molecule has 9 heteroatoms. The molecule has 2 heterocycles. The molecular weight excluding hydrogens is 437 g/mol. The van der Waals surface area contributed by atoms with Crippen molar-refractivity contribution in [1.29, 1.82) is 0 Å². The van der Waals surface area contributed by atoms with Crippen LogP contribution in [0.25, 0.3) is 0 Å². The number of carbonyl (C=O) groups excluding carboxylic acids is 1. The zero-order valence-corrected chi connectivity index (χ0v) is 19.7. The van der Waals surface area contributed by atoms with E-state index in [0.717, 1.165) is 36.4 Å². The van der Waals surface area contributed by atoms with Gasteiger partial charge in [0.25, 0.3) is 0 Å². The molecule has 0 bridgehead atoms. The lowest BCUT2D eigenvalue weighted by molar-refractivity contribution is -0.171. The van der Waals surface area contributed by atoms with Crippen LogP contribution in [-0.4, -0.2) is 67.5 Å². The lowest BCUT2D eigenvalue weighted by Crippen LogP contribution is -2.51. The Labute approximate surface area is 192 Å². The normalized spacial score (nSPS) is 19.5. The minimum atomic E-state index is -5.13. The fourth-order valence-corrected chi connectivity index (χ4v) is 5.01. The molecule has 0 radical (unpaired) electrons. The highest BCUT2D eigenvalue weighted by Gasteiger charge is 2.48. The van der Waals surface area contributed by atoms with Gasteiger partial charge >= 0.3 is 18.1 Å². The Kier molecular flexibility index (Phi) is 7.43. The summed E-state index contributed by atoms with van der Waals surface area (Å²) in [5, 5.41) is 9.97. The number of aromatic carboxylic acids is 1. The quantitative estimate of drug-likeness (QED) is 0.698. The number of benzene rings is 1. The number of carbonyl (C=O) groups is 2. The van der Waals surface area contributed by atoms with Crippen molar-refractivity contribution in [3.8, 4) is 0 Å². The number of nitrogens with zero attached hydrogens (tertiary/aromatic N) is 2. The Hall–Kier alpha value is -2.13. The molecule has 2 aliphatic heterocycles. The van der Waals surface area contributed by atoms with Crippen LogP contribution in [0.15, 0.2) is 12.1 Å². The number of anilines is 1. The molecule has 184 valence electrons. The summed E-state index contributed by atoms with van der Waals surface area (Å²) in [4.78, 5) is 28.0. The molecule has 1 amide bonds. The molecule has 0 spiro atoms. The molecule has 2 saturated heterocycles. The van der Waals surface area contributed by atoms with Crippen LogP contribution in [0, 0.1) is 0 Å². The maximum Gasteiger partial charge on any atom is 0.471 e. The number of hydrogen-bond acceptors (Lipinski definition) is 4. The van der Waals surface area contributed by atoms with Gasteiger partial charge in [-0.25, -0.2) is 4.79 Å². The molecule has 0 saturated carbocycles. The summed E-state index contributed by atoms with van der Waals surface area (Å²) in [6.45, 7) is 7.69. The number of alkyl halides is 3. The van der Waals surface area contributed by atoms with Crippen molar-refractivity contribution in [2.24, 2.45) is 0 Å². The van der Waals surface area contributed by atoms with E-state index < -0.39 is 29.5 Å². The molecule has 2 fully saturated rings. The number of piperidine rings is 1. The van der Waals surface area contributed by atoms with Gasteiger partial charge in [-0.2, -0.15) is 13.2 Å². The fourth-order valence-electron chi connectivity index (χ4n) is 5.01. The molecule has 0 aliphatic carbocycles. The number of hydrogen-bond donors (Lipinski definition) is 1. The maximum absolute atomic E-state index is 13.8. The summed E-state index contributed by atoms with van der Waals surface area (Å²) in [7, 11) is 2.02. The van der Waals surface area contributed by atoms with Crippen LogP contribution in [0.2, 0.25) is 0 Å². The number of carboxylic acids is 1. The number of halogens is 3. The smallest absolute Gasteiger partial charge is 0.471 e. The molecule has 0 atom stereocenters. The molecular formula is C24H33F3N2O4. The van der Waals surface area contributed by atoms with Crippen molar-refractivity contribution in [1.82, 2.24) is 4.90 Å². The van der Waals surface area contributed by atoms with Crippen molar-refractivity contribution < 1.29 is 32.6 Å². The third kappa shape index (κ3) is 5.51. The summed E-state index contributed by atoms with van der Waals surface area (Å²) in [6, 6.07) is 2.32. The predicted octanol–water partition coefficient (Wildman–Crippen LogP) is 4.57. The van der Waals surface area contributed by atoms with Gasteiger partial charge in [0, 0.05) is 19.3 Å². The van der Waals surface area contributed by atoms with Gasteiger partial charge in [0.2, 0.25) is 0 Å². The SMILES string of the molecule is CN1CCC(c2ccc(C(=O)O)c(N(C(=O)C(F)(F)F)C3CCOCC3)c2C(C)(C)C)CC1. The number of likely N-dealkylation sites (tertiary alicyclic amines) is 1. The van der Waals surface area contributed by atoms with E-state index >= 15 is 0 Å². The van der Waals surface area contributed by atoms with Crippen molar-refractivity contribution in [3.05, 3.63) is 28.8 Å². The second-order valence-corrected chi connectivity index (χ2v) is 10.1. The average molecular weight is 471 g/mol. The van der Waals surface area contributed by atoms with E-state index in [9.17, 15) is 27.9 Å². The minimum Gasteiger partial charge on any atom is -0.478 e. The summed E-state index contributed by atoms with van der Waals surface area (Å²) in [5.74, 6) is -3.30. The van der Waals surface area contributed by atoms with E-state index in [1.54, 1.807) is 6.07 Å². The standard InChI is InChI=1S/C24H33F3N2O4/c1-23(2,3)19-17(15-7-11-28(4)12-8-15)5-6-18(21(30)31)20(19)29(22(32)24(25,26)27)16-9-13-33-14-10-16/h5-6,15-16H,7-14H2,1-4H3,(H,30,31). The van der Waals surface area contributed by atoms with Gasteiger partial charge in [0.1, 0.15) is 0 Å². The van der Waals surface area contributed by atoms with E-state index in [1.165, 1.54) is 6.07 Å². The third-order valence-corrected chi connectivity index (χ3v) is 6.61. The van der Waals surface area contributed by atoms with Crippen molar-refractivity contribution in [2.75, 3.05) is 38.3 Å². The third-order valence-electron chi connectivity index (χ3n) is 6.61. The first-order valence-electron chi connectivity index (χ1n) is 11.4. The number of amides is 1. The molecule has 1 N–H and O–H groups in total. The Morgan fingerprint density at radius 2 is 1.64 bits per heavy atom. The van der Waals surface area contributed by atoms with Gasteiger partial charge in [0.15, 0.2) is 0 Å². The second kappa shape index (κ2) is 9.62. The Balaban J connectivity index is 2.30. The molecule has 1 aromatic rings.